The van der Waals surface area contributed by atoms with Gasteiger partial charge in [-0.25, -0.2) is 4.79 Å². The van der Waals surface area contributed by atoms with Gasteiger partial charge in [0.2, 0.25) is 0 Å². The molecular weight excluding hydrogens is 346 g/mol. The molecule has 0 bridgehead atoms. The fourth-order valence-electron chi connectivity index (χ4n) is 3.62. The van der Waals surface area contributed by atoms with Gasteiger partial charge in [0.1, 0.15) is 0 Å². The Morgan fingerprint density at radius 2 is 0.964 bits per heavy atom. The molecule has 0 aromatic heterocycles. The molecule has 3 heteroatoms. The topological polar surface area (TPSA) is 61.3 Å². The van der Waals surface area contributed by atoms with Gasteiger partial charge >= 0.3 is 5.97 Å². The van der Waals surface area contributed by atoms with Crippen LogP contribution >= 0.6 is 0 Å². The summed E-state index contributed by atoms with van der Waals surface area (Å²) in [5.74, 6) is -0.113. The van der Waals surface area contributed by atoms with Crippen molar-refractivity contribution in [2.24, 2.45) is 0 Å². The molecule has 0 aliphatic carbocycles. The van der Waals surface area contributed by atoms with Crippen LogP contribution in [0.2, 0.25) is 0 Å². The Hall–Kier alpha value is -0.830. The van der Waals surface area contributed by atoms with Crippen LogP contribution in [0.25, 0.3) is 0 Å². The standard InChI is InChI=1S/C25H48O2.H3N/c1-5-7-8-9-10-11-12-13-14-15-16-17-18-19-20-21-22-24(23(3)4)25(26)27-6-2;/h5-22H2,1-4H3;1H3. The molecule has 3 nitrogen and oxygen atoms in total. The minimum Gasteiger partial charge on any atom is -0.463 e. The second kappa shape index (κ2) is 22.5. The van der Waals surface area contributed by atoms with E-state index in [1.54, 1.807) is 0 Å². The number of esters is 1. The maximum Gasteiger partial charge on any atom is 0.333 e. The number of ether oxygens (including phenoxy) is 1. The highest BCUT2D eigenvalue weighted by molar-refractivity contribution is 5.89. The zero-order valence-electron chi connectivity index (χ0n) is 19.8. The average Bonchev–Trinajstić information content (AvgIpc) is 2.64. The zero-order chi connectivity index (χ0) is 20.2. The van der Waals surface area contributed by atoms with Crippen molar-refractivity contribution in [1.82, 2.24) is 6.15 Å². The number of hydrogen-bond donors (Lipinski definition) is 1. The molecule has 0 aliphatic heterocycles. The van der Waals surface area contributed by atoms with Crippen LogP contribution < -0.4 is 6.15 Å². The quantitative estimate of drug-likeness (QED) is 0.135. The van der Waals surface area contributed by atoms with E-state index in [2.05, 4.69) is 6.92 Å². The first-order valence-electron chi connectivity index (χ1n) is 12.0. The predicted molar refractivity (Wildman–Crippen MR) is 124 cm³/mol. The van der Waals surface area contributed by atoms with Gasteiger partial charge in [0, 0.05) is 5.57 Å². The Bertz CT molecular complexity index is 373. The molecule has 168 valence electrons. The Morgan fingerprint density at radius 3 is 1.29 bits per heavy atom. The molecule has 0 fully saturated rings. The first-order valence-corrected chi connectivity index (χ1v) is 12.0. The van der Waals surface area contributed by atoms with Crippen LogP contribution in [0.15, 0.2) is 11.1 Å². The molecule has 3 N–H and O–H groups in total. The average molecular weight is 398 g/mol. The van der Waals surface area contributed by atoms with Crippen molar-refractivity contribution in [3.63, 3.8) is 0 Å². The van der Waals surface area contributed by atoms with Crippen LogP contribution in [0.4, 0.5) is 0 Å². The molecule has 0 heterocycles. The lowest BCUT2D eigenvalue weighted by molar-refractivity contribution is -0.138. The normalized spacial score (nSPS) is 10.4. The third-order valence-electron chi connectivity index (χ3n) is 5.41. The monoisotopic (exact) mass is 397 g/mol. The highest BCUT2D eigenvalue weighted by Gasteiger charge is 2.11. The number of hydrogen-bond acceptors (Lipinski definition) is 3. The summed E-state index contributed by atoms with van der Waals surface area (Å²) in [6.45, 7) is 8.65. The molecule has 0 aromatic carbocycles. The second-order valence-electron chi connectivity index (χ2n) is 8.25. The van der Waals surface area contributed by atoms with Gasteiger partial charge in [-0.1, -0.05) is 109 Å². The van der Waals surface area contributed by atoms with Gasteiger partial charge in [0.15, 0.2) is 0 Å². The summed E-state index contributed by atoms with van der Waals surface area (Å²) in [6, 6.07) is 0. The Morgan fingerprint density at radius 1 is 0.607 bits per heavy atom. The van der Waals surface area contributed by atoms with Gasteiger partial charge in [-0.05, 0) is 33.6 Å². The molecule has 0 aromatic rings. The number of allylic oxidation sites excluding steroid dienone is 1. The van der Waals surface area contributed by atoms with Crippen molar-refractivity contribution in [2.75, 3.05) is 6.61 Å². The zero-order valence-corrected chi connectivity index (χ0v) is 19.8. The highest BCUT2D eigenvalue weighted by atomic mass is 16.5. The van der Waals surface area contributed by atoms with E-state index >= 15 is 0 Å². The molecule has 0 aliphatic rings. The van der Waals surface area contributed by atoms with Crippen molar-refractivity contribution >= 4 is 5.97 Å². The second-order valence-corrected chi connectivity index (χ2v) is 8.25. The maximum atomic E-state index is 11.9. The van der Waals surface area contributed by atoms with Crippen LogP contribution in [0.3, 0.4) is 0 Å². The first kappa shape index (κ1) is 29.4. The molecule has 0 spiro atoms. The molecule has 0 saturated heterocycles. The minimum absolute atomic E-state index is 0. The van der Waals surface area contributed by atoms with Crippen molar-refractivity contribution in [3.05, 3.63) is 11.1 Å². The Balaban J connectivity index is 0. The fraction of sp³-hybridized carbons (Fsp3) is 0.880. The van der Waals surface area contributed by atoms with Crippen LogP contribution in [0.5, 0.6) is 0 Å². The fourth-order valence-corrected chi connectivity index (χ4v) is 3.62. The lowest BCUT2D eigenvalue weighted by Crippen LogP contribution is -2.09. The first-order chi connectivity index (χ1) is 13.1. The molecule has 0 radical (unpaired) electrons. The van der Waals surface area contributed by atoms with E-state index in [0.717, 1.165) is 24.0 Å². The summed E-state index contributed by atoms with van der Waals surface area (Å²) < 4.78 is 5.15. The molecule has 0 unspecified atom stereocenters. The van der Waals surface area contributed by atoms with Gasteiger partial charge in [-0.3, -0.25) is 0 Å². The van der Waals surface area contributed by atoms with E-state index in [0.29, 0.717) is 6.61 Å². The smallest absolute Gasteiger partial charge is 0.333 e. The third kappa shape index (κ3) is 18.5. The Labute approximate surface area is 176 Å². The van der Waals surface area contributed by atoms with E-state index in [9.17, 15) is 4.79 Å². The van der Waals surface area contributed by atoms with Gasteiger partial charge in [0.25, 0.3) is 0 Å². The van der Waals surface area contributed by atoms with Crippen LogP contribution in [0.1, 0.15) is 137 Å². The van der Waals surface area contributed by atoms with Gasteiger partial charge in [0.05, 0.1) is 6.61 Å². The Kier molecular flexibility index (Phi) is 23.6. The highest BCUT2D eigenvalue weighted by Crippen LogP contribution is 2.17. The van der Waals surface area contributed by atoms with E-state index in [1.807, 2.05) is 20.8 Å². The maximum absolute atomic E-state index is 11.9. The van der Waals surface area contributed by atoms with E-state index < -0.39 is 0 Å². The van der Waals surface area contributed by atoms with Crippen LogP contribution in [-0.2, 0) is 9.53 Å². The van der Waals surface area contributed by atoms with Crippen molar-refractivity contribution in [3.8, 4) is 0 Å². The lowest BCUT2D eigenvalue weighted by Gasteiger charge is -2.09. The van der Waals surface area contributed by atoms with Crippen LogP contribution in [0, 0.1) is 0 Å². The lowest BCUT2D eigenvalue weighted by atomic mass is 10.0. The number of rotatable bonds is 19. The summed E-state index contributed by atoms with van der Waals surface area (Å²) >= 11 is 0. The van der Waals surface area contributed by atoms with Crippen LogP contribution in [-0.4, -0.2) is 12.6 Å². The molecular formula is C25H51NO2. The van der Waals surface area contributed by atoms with E-state index in [1.165, 1.54) is 96.3 Å². The van der Waals surface area contributed by atoms with E-state index in [4.69, 9.17) is 4.74 Å². The number of carbonyl (C=O) groups is 1. The SMILES string of the molecule is CCCCCCCCCCCCCCCCCCC(C(=O)OCC)=C(C)C.N. The number of carbonyl (C=O) groups excluding carboxylic acids is 1. The predicted octanol–water partition coefficient (Wildman–Crippen LogP) is 8.70. The van der Waals surface area contributed by atoms with Gasteiger partial charge in [-0.15, -0.1) is 0 Å². The number of unbranched alkanes of at least 4 members (excludes halogenated alkanes) is 15. The molecule has 0 amide bonds. The largest absolute Gasteiger partial charge is 0.463 e. The molecule has 28 heavy (non-hydrogen) atoms. The van der Waals surface area contributed by atoms with Crippen molar-refractivity contribution < 1.29 is 9.53 Å². The molecule has 0 saturated carbocycles. The summed E-state index contributed by atoms with van der Waals surface area (Å²) in [4.78, 5) is 11.9. The summed E-state index contributed by atoms with van der Waals surface area (Å²) in [5.41, 5.74) is 2.00. The molecule has 0 atom stereocenters. The summed E-state index contributed by atoms with van der Waals surface area (Å²) in [7, 11) is 0. The summed E-state index contributed by atoms with van der Waals surface area (Å²) in [6.07, 6.45) is 22.9. The minimum atomic E-state index is -0.113. The molecule has 0 rings (SSSR count). The summed E-state index contributed by atoms with van der Waals surface area (Å²) in [5, 5.41) is 0. The van der Waals surface area contributed by atoms with Crippen molar-refractivity contribution in [1.29, 1.82) is 0 Å². The van der Waals surface area contributed by atoms with Gasteiger partial charge < -0.3 is 10.9 Å². The van der Waals surface area contributed by atoms with Crippen molar-refractivity contribution in [2.45, 2.75) is 137 Å². The van der Waals surface area contributed by atoms with E-state index in [-0.39, 0.29) is 12.1 Å². The third-order valence-corrected chi connectivity index (χ3v) is 5.41. The van der Waals surface area contributed by atoms with Gasteiger partial charge in [-0.2, -0.15) is 0 Å².